The number of pyridine rings is 1. The van der Waals surface area contributed by atoms with Crippen LogP contribution in [0.25, 0.3) is 0 Å². The van der Waals surface area contributed by atoms with Crippen molar-refractivity contribution in [3.63, 3.8) is 0 Å². The standard InChI is InChI=1S/C12H14F6N2/c1-2-19-9(7-8-5-3-4-6-20-8)10(11(13,14)15)12(16,17)18/h3-6,9-10,19H,2,7H2,1H3. The van der Waals surface area contributed by atoms with Crippen LogP contribution in [-0.4, -0.2) is 29.9 Å². The fourth-order valence-corrected chi connectivity index (χ4v) is 1.96. The molecule has 0 aromatic carbocycles. The Morgan fingerprint density at radius 3 is 2.10 bits per heavy atom. The lowest BCUT2D eigenvalue weighted by molar-refractivity contribution is -0.291. The third-order valence-electron chi connectivity index (χ3n) is 2.73. The molecule has 1 atom stereocenters. The van der Waals surface area contributed by atoms with E-state index in [0.29, 0.717) is 0 Å². The van der Waals surface area contributed by atoms with Gasteiger partial charge in [-0.2, -0.15) is 26.3 Å². The van der Waals surface area contributed by atoms with Gasteiger partial charge < -0.3 is 5.32 Å². The normalized spacial score (nSPS) is 14.6. The Hall–Kier alpha value is -1.31. The van der Waals surface area contributed by atoms with Crippen molar-refractivity contribution in [1.29, 1.82) is 0 Å². The molecule has 0 saturated heterocycles. The highest BCUT2D eigenvalue weighted by atomic mass is 19.4. The molecular weight excluding hydrogens is 286 g/mol. The molecule has 1 heterocycles. The molecule has 0 aliphatic heterocycles. The number of nitrogens with one attached hydrogen (secondary N) is 1. The molecule has 0 aliphatic rings. The smallest absolute Gasteiger partial charge is 0.313 e. The molecule has 0 amide bonds. The van der Waals surface area contributed by atoms with E-state index in [4.69, 9.17) is 0 Å². The Kier molecular flexibility index (Phi) is 5.38. The number of hydrogen-bond acceptors (Lipinski definition) is 2. The lowest BCUT2D eigenvalue weighted by Crippen LogP contribution is -2.52. The number of hydrogen-bond donors (Lipinski definition) is 1. The summed E-state index contributed by atoms with van der Waals surface area (Å²) in [7, 11) is 0. The van der Waals surface area contributed by atoms with E-state index in [2.05, 4.69) is 10.3 Å². The maximum absolute atomic E-state index is 12.7. The van der Waals surface area contributed by atoms with Crippen LogP contribution in [0, 0.1) is 5.92 Å². The maximum Gasteiger partial charge on any atom is 0.402 e. The quantitative estimate of drug-likeness (QED) is 0.844. The highest BCUT2D eigenvalue weighted by Gasteiger charge is 2.59. The second-order valence-corrected chi connectivity index (χ2v) is 4.25. The van der Waals surface area contributed by atoms with E-state index in [1.807, 2.05) is 0 Å². The SMILES string of the molecule is CCNC(Cc1ccccn1)C(C(F)(F)F)C(F)(F)F. The monoisotopic (exact) mass is 300 g/mol. The minimum absolute atomic E-state index is 0.000159. The van der Waals surface area contributed by atoms with Crippen molar-refractivity contribution in [2.45, 2.75) is 31.7 Å². The molecule has 8 heteroatoms. The first kappa shape index (κ1) is 16.7. The molecule has 0 fully saturated rings. The molecule has 20 heavy (non-hydrogen) atoms. The summed E-state index contributed by atoms with van der Waals surface area (Å²) in [5.41, 5.74) is 0.178. The van der Waals surface area contributed by atoms with Crippen LogP contribution in [0.15, 0.2) is 24.4 Å². The Bertz CT molecular complexity index is 387. The molecule has 0 saturated carbocycles. The van der Waals surface area contributed by atoms with Crippen LogP contribution in [0.5, 0.6) is 0 Å². The first-order valence-corrected chi connectivity index (χ1v) is 5.93. The maximum atomic E-state index is 12.7. The Balaban J connectivity index is 3.03. The van der Waals surface area contributed by atoms with Crippen LogP contribution >= 0.6 is 0 Å². The summed E-state index contributed by atoms with van der Waals surface area (Å²) in [6.07, 6.45) is -9.84. The fourth-order valence-electron chi connectivity index (χ4n) is 1.96. The van der Waals surface area contributed by atoms with Crippen molar-refractivity contribution in [2.75, 3.05) is 6.54 Å². The minimum Gasteiger partial charge on any atom is -0.313 e. The number of rotatable bonds is 5. The van der Waals surface area contributed by atoms with Gasteiger partial charge in [0, 0.05) is 24.4 Å². The predicted molar refractivity (Wildman–Crippen MR) is 61.0 cm³/mol. The number of halogens is 6. The highest BCUT2D eigenvalue weighted by Crippen LogP contribution is 2.42. The average molecular weight is 300 g/mol. The van der Waals surface area contributed by atoms with Crippen molar-refractivity contribution < 1.29 is 26.3 Å². The topological polar surface area (TPSA) is 24.9 Å². The Morgan fingerprint density at radius 2 is 1.70 bits per heavy atom. The van der Waals surface area contributed by atoms with Crippen LogP contribution in [0.4, 0.5) is 26.3 Å². The Morgan fingerprint density at radius 1 is 1.10 bits per heavy atom. The number of aromatic nitrogens is 1. The van der Waals surface area contributed by atoms with Crippen LogP contribution in [0.3, 0.4) is 0 Å². The van der Waals surface area contributed by atoms with Crippen molar-refractivity contribution >= 4 is 0 Å². The first-order valence-electron chi connectivity index (χ1n) is 5.93. The van der Waals surface area contributed by atoms with Gasteiger partial charge in [0.05, 0.1) is 0 Å². The van der Waals surface area contributed by atoms with Gasteiger partial charge in [-0.05, 0) is 18.7 Å². The summed E-state index contributed by atoms with van der Waals surface area (Å²) in [5, 5.41) is 2.26. The van der Waals surface area contributed by atoms with Crippen molar-refractivity contribution in [2.24, 2.45) is 5.92 Å². The average Bonchev–Trinajstić information content (AvgIpc) is 2.26. The second-order valence-electron chi connectivity index (χ2n) is 4.25. The van der Waals surface area contributed by atoms with Gasteiger partial charge in [-0.25, -0.2) is 0 Å². The molecule has 114 valence electrons. The summed E-state index contributed by atoms with van der Waals surface area (Å²) in [6.45, 7) is 1.45. The van der Waals surface area contributed by atoms with Crippen molar-refractivity contribution in [3.8, 4) is 0 Å². The lowest BCUT2D eigenvalue weighted by Gasteiger charge is -2.31. The van der Waals surface area contributed by atoms with E-state index in [1.165, 1.54) is 31.3 Å². The molecule has 1 aromatic rings. The van der Waals surface area contributed by atoms with E-state index >= 15 is 0 Å². The second kappa shape index (κ2) is 6.43. The zero-order valence-electron chi connectivity index (χ0n) is 10.6. The zero-order valence-corrected chi connectivity index (χ0v) is 10.6. The van der Waals surface area contributed by atoms with Gasteiger partial charge in [-0.1, -0.05) is 13.0 Å². The van der Waals surface area contributed by atoms with Gasteiger partial charge in [-0.15, -0.1) is 0 Å². The van der Waals surface area contributed by atoms with E-state index in [0.717, 1.165) is 0 Å². The van der Waals surface area contributed by atoms with Gasteiger partial charge in [-0.3, -0.25) is 4.98 Å². The van der Waals surface area contributed by atoms with Crippen LogP contribution < -0.4 is 5.32 Å². The van der Waals surface area contributed by atoms with Gasteiger partial charge in [0.2, 0.25) is 0 Å². The van der Waals surface area contributed by atoms with Crippen molar-refractivity contribution in [1.82, 2.24) is 10.3 Å². The lowest BCUT2D eigenvalue weighted by atomic mass is 9.94. The van der Waals surface area contributed by atoms with Crippen LogP contribution in [-0.2, 0) is 6.42 Å². The molecule has 2 nitrogen and oxygen atoms in total. The molecule has 1 rings (SSSR count). The summed E-state index contributed by atoms with van der Waals surface area (Å²) in [5.74, 6) is -3.42. The van der Waals surface area contributed by atoms with Crippen LogP contribution in [0.2, 0.25) is 0 Å². The molecule has 0 aliphatic carbocycles. The number of alkyl halides is 6. The molecule has 0 radical (unpaired) electrons. The fraction of sp³-hybridized carbons (Fsp3) is 0.583. The first-order chi connectivity index (χ1) is 9.16. The summed E-state index contributed by atoms with van der Waals surface area (Å²) < 4.78 is 76.3. The van der Waals surface area contributed by atoms with Crippen molar-refractivity contribution in [3.05, 3.63) is 30.1 Å². The Labute approximate surface area is 112 Å². The van der Waals surface area contributed by atoms with E-state index in [9.17, 15) is 26.3 Å². The summed E-state index contributed by atoms with van der Waals surface area (Å²) in [6, 6.07) is 2.65. The van der Waals surface area contributed by atoms with Gasteiger partial charge in [0.15, 0.2) is 5.92 Å². The zero-order chi connectivity index (χ0) is 15.4. The number of likely N-dealkylation sites (N-methyl/N-ethyl adjacent to an activating group) is 1. The molecule has 1 aromatic heterocycles. The van der Waals surface area contributed by atoms with Gasteiger partial charge in [0.1, 0.15) is 0 Å². The third kappa shape index (κ3) is 4.66. The third-order valence-corrected chi connectivity index (χ3v) is 2.73. The minimum atomic E-state index is -5.36. The molecule has 0 bridgehead atoms. The predicted octanol–water partition coefficient (Wildman–Crippen LogP) is 3.34. The molecule has 0 spiro atoms. The highest BCUT2D eigenvalue weighted by molar-refractivity contribution is 5.07. The van der Waals surface area contributed by atoms with Gasteiger partial charge >= 0.3 is 12.4 Å². The summed E-state index contributed by atoms with van der Waals surface area (Å²) in [4.78, 5) is 3.77. The number of nitrogens with zero attached hydrogens (tertiary/aromatic N) is 1. The molecule has 1 unspecified atom stereocenters. The van der Waals surface area contributed by atoms with E-state index < -0.39 is 30.7 Å². The molecule has 1 N–H and O–H groups in total. The molecular formula is C12H14F6N2. The van der Waals surface area contributed by atoms with E-state index in [-0.39, 0.29) is 12.2 Å². The van der Waals surface area contributed by atoms with E-state index in [1.54, 1.807) is 0 Å². The van der Waals surface area contributed by atoms with Crippen LogP contribution in [0.1, 0.15) is 12.6 Å². The van der Waals surface area contributed by atoms with Gasteiger partial charge in [0.25, 0.3) is 0 Å². The largest absolute Gasteiger partial charge is 0.402 e. The summed E-state index contributed by atoms with van der Waals surface area (Å²) >= 11 is 0.